The van der Waals surface area contributed by atoms with Crippen molar-refractivity contribution < 1.29 is 9.53 Å². The summed E-state index contributed by atoms with van der Waals surface area (Å²) in [6.45, 7) is 8.26. The minimum Gasteiger partial charge on any atom is -0.377 e. The lowest BCUT2D eigenvalue weighted by Crippen LogP contribution is -2.38. The molecule has 1 fully saturated rings. The van der Waals surface area contributed by atoms with E-state index in [4.69, 9.17) is 4.74 Å². The lowest BCUT2D eigenvalue weighted by molar-refractivity contribution is -0.122. The summed E-state index contributed by atoms with van der Waals surface area (Å²) in [7, 11) is 0. The molecule has 0 unspecified atom stereocenters. The van der Waals surface area contributed by atoms with Crippen LogP contribution in [0, 0.1) is 0 Å². The highest BCUT2D eigenvalue weighted by Crippen LogP contribution is 2.10. The van der Waals surface area contributed by atoms with Crippen LogP contribution in [0.4, 0.5) is 0 Å². The van der Waals surface area contributed by atoms with Crippen molar-refractivity contribution in [2.75, 3.05) is 39.3 Å². The normalized spacial score (nSPS) is 16.2. The van der Waals surface area contributed by atoms with Gasteiger partial charge in [-0.25, -0.2) is 0 Å². The van der Waals surface area contributed by atoms with Gasteiger partial charge in [0.05, 0.1) is 13.2 Å². The zero-order valence-electron chi connectivity index (χ0n) is 13.4. The third kappa shape index (κ3) is 5.75. The Labute approximate surface area is 133 Å². The summed E-state index contributed by atoms with van der Waals surface area (Å²) in [6.07, 6.45) is 1.10. The number of nitrogens with one attached hydrogen (secondary N) is 2. The first-order valence-corrected chi connectivity index (χ1v) is 8.14. The average Bonchev–Trinajstić information content (AvgIpc) is 2.80. The van der Waals surface area contributed by atoms with Crippen LogP contribution in [0.5, 0.6) is 0 Å². The molecule has 0 spiro atoms. The van der Waals surface area contributed by atoms with Gasteiger partial charge in [0.1, 0.15) is 0 Å². The number of carbonyl (C=O) groups is 1. The van der Waals surface area contributed by atoms with Gasteiger partial charge in [0, 0.05) is 26.2 Å². The molecular weight excluding hydrogens is 278 g/mol. The van der Waals surface area contributed by atoms with Crippen molar-refractivity contribution in [1.82, 2.24) is 15.5 Å². The second-order valence-corrected chi connectivity index (χ2v) is 5.56. The van der Waals surface area contributed by atoms with Gasteiger partial charge in [0.15, 0.2) is 0 Å². The highest BCUT2D eigenvalue weighted by molar-refractivity contribution is 5.78. The monoisotopic (exact) mass is 305 g/mol. The van der Waals surface area contributed by atoms with E-state index in [1.54, 1.807) is 0 Å². The van der Waals surface area contributed by atoms with E-state index in [0.29, 0.717) is 26.3 Å². The van der Waals surface area contributed by atoms with Gasteiger partial charge >= 0.3 is 0 Å². The summed E-state index contributed by atoms with van der Waals surface area (Å²) in [4.78, 5) is 14.3. The van der Waals surface area contributed by atoms with Gasteiger partial charge in [-0.05, 0) is 37.6 Å². The van der Waals surface area contributed by atoms with Gasteiger partial charge in [0.2, 0.25) is 5.91 Å². The molecule has 2 rings (SSSR count). The largest absolute Gasteiger partial charge is 0.377 e. The molecule has 1 aliphatic rings. The number of ether oxygens (including phenoxy) is 1. The lowest BCUT2D eigenvalue weighted by atomic mass is 10.1. The molecule has 122 valence electrons. The Balaban J connectivity index is 1.80. The van der Waals surface area contributed by atoms with Crippen molar-refractivity contribution in [1.29, 1.82) is 0 Å². The van der Waals surface area contributed by atoms with Gasteiger partial charge < -0.3 is 15.4 Å². The number of rotatable bonds is 7. The molecule has 0 bridgehead atoms. The number of hydrogen-bond acceptors (Lipinski definition) is 4. The fourth-order valence-corrected chi connectivity index (χ4v) is 2.60. The first kappa shape index (κ1) is 16.9. The Morgan fingerprint density at radius 3 is 2.91 bits per heavy atom. The van der Waals surface area contributed by atoms with Crippen LogP contribution in [0.15, 0.2) is 24.3 Å². The maximum atomic E-state index is 12.1. The summed E-state index contributed by atoms with van der Waals surface area (Å²) < 4.78 is 5.47. The predicted molar refractivity (Wildman–Crippen MR) is 87.5 cm³/mol. The molecule has 5 heteroatoms. The Hall–Kier alpha value is -1.43. The average molecular weight is 305 g/mol. The van der Waals surface area contributed by atoms with Gasteiger partial charge in [0.25, 0.3) is 0 Å². The fourth-order valence-electron chi connectivity index (χ4n) is 2.60. The van der Waals surface area contributed by atoms with E-state index in [1.807, 2.05) is 25.1 Å². The molecule has 0 radical (unpaired) electrons. The summed E-state index contributed by atoms with van der Waals surface area (Å²) in [6, 6.07) is 8.10. The lowest BCUT2D eigenvalue weighted by Gasteiger charge is -2.19. The molecule has 1 amide bonds. The van der Waals surface area contributed by atoms with Crippen LogP contribution in [0.2, 0.25) is 0 Å². The van der Waals surface area contributed by atoms with Crippen LogP contribution in [-0.4, -0.2) is 50.1 Å². The molecule has 5 nitrogen and oxygen atoms in total. The minimum absolute atomic E-state index is 0.0908. The van der Waals surface area contributed by atoms with E-state index < -0.39 is 0 Å². The maximum absolute atomic E-state index is 12.1. The van der Waals surface area contributed by atoms with Crippen LogP contribution in [-0.2, 0) is 22.7 Å². The first-order chi connectivity index (χ1) is 10.8. The van der Waals surface area contributed by atoms with Crippen LogP contribution < -0.4 is 10.6 Å². The standard InChI is InChI=1S/C17H27N3O2/c1-2-22-14-16-7-4-3-6-15(16)12-19-17(21)13-20-10-5-8-18-9-11-20/h3-4,6-7,18H,2,5,8-14H2,1H3,(H,19,21). The van der Waals surface area contributed by atoms with Gasteiger partial charge in [-0.3, -0.25) is 9.69 Å². The summed E-state index contributed by atoms with van der Waals surface area (Å²) in [5, 5.41) is 6.37. The molecule has 0 aliphatic carbocycles. The third-order valence-corrected chi connectivity index (χ3v) is 3.86. The third-order valence-electron chi connectivity index (χ3n) is 3.86. The molecule has 22 heavy (non-hydrogen) atoms. The number of benzene rings is 1. The maximum Gasteiger partial charge on any atom is 0.234 e. The number of nitrogens with zero attached hydrogens (tertiary/aromatic N) is 1. The summed E-state index contributed by atoms with van der Waals surface area (Å²) in [5.74, 6) is 0.0908. The Kier molecular flexibility index (Phi) is 7.36. The number of amides is 1. The highest BCUT2D eigenvalue weighted by atomic mass is 16.5. The first-order valence-electron chi connectivity index (χ1n) is 8.14. The summed E-state index contributed by atoms with van der Waals surface area (Å²) in [5.41, 5.74) is 2.27. The SMILES string of the molecule is CCOCc1ccccc1CNC(=O)CN1CCCNCC1. The topological polar surface area (TPSA) is 53.6 Å². The van der Waals surface area contributed by atoms with Gasteiger partial charge in [-0.1, -0.05) is 24.3 Å². The number of hydrogen-bond donors (Lipinski definition) is 2. The van der Waals surface area contributed by atoms with E-state index in [9.17, 15) is 4.79 Å². The van der Waals surface area contributed by atoms with Crippen LogP contribution >= 0.6 is 0 Å². The zero-order chi connectivity index (χ0) is 15.6. The Morgan fingerprint density at radius 1 is 1.27 bits per heavy atom. The fraction of sp³-hybridized carbons (Fsp3) is 0.588. The molecule has 1 saturated heterocycles. The van der Waals surface area contributed by atoms with E-state index in [1.165, 1.54) is 0 Å². The molecule has 1 heterocycles. The minimum atomic E-state index is 0.0908. The zero-order valence-corrected chi connectivity index (χ0v) is 13.4. The van der Waals surface area contributed by atoms with Crippen molar-refractivity contribution in [2.45, 2.75) is 26.5 Å². The van der Waals surface area contributed by atoms with E-state index in [2.05, 4.69) is 21.6 Å². The van der Waals surface area contributed by atoms with E-state index >= 15 is 0 Å². The van der Waals surface area contributed by atoms with E-state index in [-0.39, 0.29) is 5.91 Å². The van der Waals surface area contributed by atoms with Gasteiger partial charge in [-0.2, -0.15) is 0 Å². The van der Waals surface area contributed by atoms with Gasteiger partial charge in [-0.15, -0.1) is 0 Å². The van der Waals surface area contributed by atoms with Crippen LogP contribution in [0.1, 0.15) is 24.5 Å². The smallest absolute Gasteiger partial charge is 0.234 e. The van der Waals surface area contributed by atoms with Crippen LogP contribution in [0.25, 0.3) is 0 Å². The molecule has 1 aromatic carbocycles. The quantitative estimate of drug-likeness (QED) is 0.793. The number of carbonyl (C=O) groups excluding carboxylic acids is 1. The Morgan fingerprint density at radius 2 is 2.09 bits per heavy atom. The predicted octanol–water partition coefficient (Wildman–Crippen LogP) is 1.13. The summed E-state index contributed by atoms with van der Waals surface area (Å²) >= 11 is 0. The highest BCUT2D eigenvalue weighted by Gasteiger charge is 2.12. The van der Waals surface area contributed by atoms with Crippen molar-refractivity contribution >= 4 is 5.91 Å². The molecule has 2 N–H and O–H groups in total. The molecule has 0 atom stereocenters. The van der Waals surface area contributed by atoms with Crippen molar-refractivity contribution in [2.24, 2.45) is 0 Å². The van der Waals surface area contributed by atoms with Crippen molar-refractivity contribution in [3.05, 3.63) is 35.4 Å². The molecule has 0 saturated carbocycles. The molecular formula is C17H27N3O2. The van der Waals surface area contributed by atoms with E-state index in [0.717, 1.165) is 43.7 Å². The molecule has 1 aliphatic heterocycles. The van der Waals surface area contributed by atoms with Crippen molar-refractivity contribution in [3.8, 4) is 0 Å². The Bertz CT molecular complexity index is 457. The van der Waals surface area contributed by atoms with Crippen molar-refractivity contribution in [3.63, 3.8) is 0 Å². The molecule has 0 aromatic heterocycles. The second-order valence-electron chi connectivity index (χ2n) is 5.56. The second kappa shape index (κ2) is 9.56. The van der Waals surface area contributed by atoms with Crippen LogP contribution in [0.3, 0.4) is 0 Å². The molecule has 1 aromatic rings.